The van der Waals surface area contributed by atoms with Crippen LogP contribution in [-0.2, 0) is 6.42 Å². The Hall–Kier alpha value is -2.75. The highest BCUT2D eigenvalue weighted by Crippen LogP contribution is 2.41. The number of hydrogen-bond donors (Lipinski definition) is 1. The molecule has 0 unspecified atom stereocenters. The van der Waals surface area contributed by atoms with Gasteiger partial charge in [0.15, 0.2) is 0 Å². The first-order valence-corrected chi connectivity index (χ1v) is 7.75. The van der Waals surface area contributed by atoms with Crippen molar-refractivity contribution in [1.29, 1.82) is 0 Å². The Morgan fingerprint density at radius 3 is 2.78 bits per heavy atom. The van der Waals surface area contributed by atoms with Crippen LogP contribution in [0.1, 0.15) is 11.1 Å². The molecule has 0 aliphatic carbocycles. The topological polar surface area (TPSA) is 45.3 Å². The van der Waals surface area contributed by atoms with Gasteiger partial charge < -0.3 is 14.6 Å². The summed E-state index contributed by atoms with van der Waals surface area (Å²) < 4.78 is 5.51. The van der Waals surface area contributed by atoms with Crippen molar-refractivity contribution in [2.45, 2.75) is 13.3 Å². The number of rotatable bonds is 2. The van der Waals surface area contributed by atoms with Gasteiger partial charge in [-0.05, 0) is 31.0 Å². The van der Waals surface area contributed by atoms with Gasteiger partial charge in [-0.25, -0.2) is 0 Å². The quantitative estimate of drug-likeness (QED) is 0.787. The normalized spacial score (nSPS) is 13.4. The van der Waals surface area contributed by atoms with E-state index in [0.29, 0.717) is 0 Å². The average molecular weight is 306 g/mol. The van der Waals surface area contributed by atoms with Crippen LogP contribution in [0.15, 0.2) is 47.3 Å². The molecule has 23 heavy (non-hydrogen) atoms. The third-order valence-corrected chi connectivity index (χ3v) is 4.56. The van der Waals surface area contributed by atoms with E-state index < -0.39 is 0 Å². The number of benzene rings is 2. The predicted molar refractivity (Wildman–Crippen MR) is 93.0 cm³/mol. The molecule has 4 rings (SSSR count). The maximum Gasteiger partial charge on any atom is 0.253 e. The Morgan fingerprint density at radius 1 is 1.13 bits per heavy atom. The van der Waals surface area contributed by atoms with E-state index in [2.05, 4.69) is 16.0 Å². The van der Waals surface area contributed by atoms with Gasteiger partial charge >= 0.3 is 0 Å². The molecular weight excluding hydrogens is 288 g/mol. The lowest BCUT2D eigenvalue weighted by Crippen LogP contribution is -2.16. The minimum atomic E-state index is 0.0131. The number of aryl methyl sites for hydroxylation is 1. The lowest BCUT2D eigenvalue weighted by molar-refractivity contribution is 0.415. The van der Waals surface area contributed by atoms with Crippen molar-refractivity contribution in [2.75, 3.05) is 18.6 Å². The molecule has 1 aliphatic rings. The van der Waals surface area contributed by atoms with Gasteiger partial charge in [0.1, 0.15) is 5.75 Å². The van der Waals surface area contributed by atoms with E-state index in [9.17, 15) is 4.79 Å². The Labute approximate surface area is 134 Å². The second kappa shape index (κ2) is 5.16. The number of ether oxygens (including phenoxy) is 1. The second-order valence-electron chi connectivity index (χ2n) is 5.85. The SMILES string of the molecule is COc1ccccc1N1CCc2c1c1cccc(C)c1[nH]c2=O. The second-order valence-corrected chi connectivity index (χ2v) is 5.85. The van der Waals surface area contributed by atoms with Gasteiger partial charge in [0, 0.05) is 17.5 Å². The molecule has 3 aromatic rings. The highest BCUT2D eigenvalue weighted by molar-refractivity contribution is 5.98. The van der Waals surface area contributed by atoms with Crippen LogP contribution in [-0.4, -0.2) is 18.6 Å². The largest absolute Gasteiger partial charge is 0.495 e. The highest BCUT2D eigenvalue weighted by atomic mass is 16.5. The number of fused-ring (bicyclic) bond motifs is 3. The summed E-state index contributed by atoms with van der Waals surface area (Å²) in [5.41, 5.74) is 4.87. The molecule has 1 aromatic heterocycles. The number of nitrogens with zero attached hydrogens (tertiary/aromatic N) is 1. The molecule has 0 spiro atoms. The van der Waals surface area contributed by atoms with E-state index in [1.54, 1.807) is 7.11 Å². The molecule has 2 heterocycles. The summed E-state index contributed by atoms with van der Waals surface area (Å²) >= 11 is 0. The van der Waals surface area contributed by atoms with Crippen LogP contribution in [0.5, 0.6) is 5.75 Å². The van der Waals surface area contributed by atoms with Crippen molar-refractivity contribution in [3.63, 3.8) is 0 Å². The molecule has 4 heteroatoms. The molecule has 0 saturated carbocycles. The van der Waals surface area contributed by atoms with E-state index in [1.165, 1.54) is 0 Å². The zero-order valence-electron chi connectivity index (χ0n) is 13.2. The first-order valence-electron chi connectivity index (χ1n) is 7.75. The molecular formula is C19H18N2O2. The first kappa shape index (κ1) is 13.9. The number of hydrogen-bond acceptors (Lipinski definition) is 3. The summed E-state index contributed by atoms with van der Waals surface area (Å²) in [5.74, 6) is 0.821. The van der Waals surface area contributed by atoms with Crippen molar-refractivity contribution < 1.29 is 4.74 Å². The van der Waals surface area contributed by atoms with Gasteiger partial charge in [0.2, 0.25) is 0 Å². The third-order valence-electron chi connectivity index (χ3n) is 4.56. The Kier molecular flexibility index (Phi) is 3.11. The van der Waals surface area contributed by atoms with Gasteiger partial charge in [-0.2, -0.15) is 0 Å². The van der Waals surface area contributed by atoms with E-state index in [-0.39, 0.29) is 5.56 Å². The summed E-state index contributed by atoms with van der Waals surface area (Å²) in [5, 5.41) is 1.09. The fourth-order valence-corrected chi connectivity index (χ4v) is 3.46. The van der Waals surface area contributed by atoms with Gasteiger partial charge in [0.05, 0.1) is 24.0 Å². The molecule has 4 nitrogen and oxygen atoms in total. The molecule has 0 saturated heterocycles. The minimum absolute atomic E-state index is 0.0131. The maximum atomic E-state index is 12.5. The smallest absolute Gasteiger partial charge is 0.253 e. The van der Waals surface area contributed by atoms with Crippen molar-refractivity contribution in [3.8, 4) is 5.75 Å². The Balaban J connectivity index is 2.03. The number of pyridine rings is 1. The number of anilines is 2. The van der Waals surface area contributed by atoms with E-state index in [4.69, 9.17) is 4.74 Å². The Morgan fingerprint density at radius 2 is 1.96 bits per heavy atom. The molecule has 1 N–H and O–H groups in total. The fraction of sp³-hybridized carbons (Fsp3) is 0.211. The lowest BCUT2D eigenvalue weighted by Gasteiger charge is -2.23. The van der Waals surface area contributed by atoms with Crippen LogP contribution in [0, 0.1) is 6.92 Å². The van der Waals surface area contributed by atoms with Crippen LogP contribution >= 0.6 is 0 Å². The number of aromatic amines is 1. The van der Waals surface area contributed by atoms with Crippen LogP contribution in [0.2, 0.25) is 0 Å². The van der Waals surface area contributed by atoms with E-state index in [1.807, 2.05) is 43.3 Å². The lowest BCUT2D eigenvalue weighted by atomic mass is 10.1. The zero-order valence-corrected chi connectivity index (χ0v) is 13.2. The molecule has 0 amide bonds. The fourth-order valence-electron chi connectivity index (χ4n) is 3.46. The average Bonchev–Trinajstić information content (AvgIpc) is 3.02. The summed E-state index contributed by atoms with van der Waals surface area (Å²) in [6.07, 6.45) is 0.743. The summed E-state index contributed by atoms with van der Waals surface area (Å²) in [7, 11) is 1.68. The summed E-state index contributed by atoms with van der Waals surface area (Å²) in [6.45, 7) is 2.80. The number of para-hydroxylation sites is 3. The molecule has 0 fully saturated rings. The number of H-pyrrole nitrogens is 1. The van der Waals surface area contributed by atoms with Gasteiger partial charge in [-0.15, -0.1) is 0 Å². The minimum Gasteiger partial charge on any atom is -0.495 e. The van der Waals surface area contributed by atoms with Gasteiger partial charge in [-0.3, -0.25) is 4.79 Å². The van der Waals surface area contributed by atoms with Crippen LogP contribution < -0.4 is 15.2 Å². The van der Waals surface area contributed by atoms with E-state index >= 15 is 0 Å². The molecule has 0 atom stereocenters. The van der Waals surface area contributed by atoms with E-state index in [0.717, 1.165) is 52.1 Å². The Bertz CT molecular complexity index is 959. The maximum absolute atomic E-state index is 12.5. The zero-order chi connectivity index (χ0) is 16.0. The third kappa shape index (κ3) is 2.02. The highest BCUT2D eigenvalue weighted by Gasteiger charge is 2.27. The molecule has 0 bridgehead atoms. The van der Waals surface area contributed by atoms with Crippen molar-refractivity contribution in [2.24, 2.45) is 0 Å². The van der Waals surface area contributed by atoms with Crippen LogP contribution in [0.25, 0.3) is 10.9 Å². The monoisotopic (exact) mass is 306 g/mol. The van der Waals surface area contributed by atoms with Gasteiger partial charge in [0.25, 0.3) is 5.56 Å². The van der Waals surface area contributed by atoms with Crippen molar-refractivity contribution in [1.82, 2.24) is 4.98 Å². The van der Waals surface area contributed by atoms with Crippen LogP contribution in [0.3, 0.4) is 0 Å². The molecule has 0 radical (unpaired) electrons. The number of nitrogens with one attached hydrogen (secondary N) is 1. The molecule has 2 aromatic carbocycles. The summed E-state index contributed by atoms with van der Waals surface area (Å²) in [6, 6.07) is 14.1. The predicted octanol–water partition coefficient (Wildman–Crippen LogP) is 3.54. The van der Waals surface area contributed by atoms with Gasteiger partial charge in [-0.1, -0.05) is 30.3 Å². The standard InChI is InChI=1S/C19H18N2O2/c1-12-6-5-7-13-17(12)20-19(22)14-10-11-21(18(13)14)15-8-3-4-9-16(15)23-2/h3-9H,10-11H2,1-2H3,(H,20,22). The summed E-state index contributed by atoms with van der Waals surface area (Å²) in [4.78, 5) is 17.7. The van der Waals surface area contributed by atoms with Crippen LogP contribution in [0.4, 0.5) is 11.4 Å². The molecule has 116 valence electrons. The first-order chi connectivity index (χ1) is 11.2. The number of aromatic nitrogens is 1. The number of methoxy groups -OCH3 is 1. The van der Waals surface area contributed by atoms with Crippen molar-refractivity contribution in [3.05, 3.63) is 63.9 Å². The van der Waals surface area contributed by atoms with Crippen molar-refractivity contribution >= 4 is 22.3 Å². The molecule has 1 aliphatic heterocycles.